The van der Waals surface area contributed by atoms with Crippen LogP contribution in [0.5, 0.6) is 0 Å². The van der Waals surface area contributed by atoms with Gasteiger partial charge < -0.3 is 26.3 Å². The minimum absolute atomic E-state index is 0.138. The van der Waals surface area contributed by atoms with Gasteiger partial charge in [-0.25, -0.2) is 9.97 Å². The monoisotopic (exact) mass is 501 g/mol. The van der Waals surface area contributed by atoms with Gasteiger partial charge in [0.15, 0.2) is 0 Å². The van der Waals surface area contributed by atoms with E-state index in [9.17, 15) is 4.79 Å². The van der Waals surface area contributed by atoms with Gasteiger partial charge in [-0.3, -0.25) is 4.79 Å². The molecule has 4 aromatic rings. The maximum Gasteiger partial charge on any atom is 0.250 e. The Bertz CT molecular complexity index is 1420. The van der Waals surface area contributed by atoms with E-state index in [0.717, 1.165) is 48.4 Å². The summed E-state index contributed by atoms with van der Waals surface area (Å²) < 4.78 is 0. The Morgan fingerprint density at radius 2 is 1.75 bits per heavy atom. The van der Waals surface area contributed by atoms with Crippen molar-refractivity contribution in [2.24, 2.45) is 5.73 Å². The molecule has 0 aliphatic carbocycles. The van der Waals surface area contributed by atoms with Crippen molar-refractivity contribution in [3.05, 3.63) is 70.9 Å². The summed E-state index contributed by atoms with van der Waals surface area (Å²) in [7, 11) is 2.15. The van der Waals surface area contributed by atoms with Crippen LogP contribution < -0.4 is 16.4 Å². The molecule has 1 aliphatic rings. The van der Waals surface area contributed by atoms with E-state index in [1.807, 2.05) is 25.1 Å². The van der Waals surface area contributed by atoms with E-state index in [-0.39, 0.29) is 5.95 Å². The van der Waals surface area contributed by atoms with Crippen molar-refractivity contribution in [2.75, 3.05) is 43.9 Å². The fourth-order valence-electron chi connectivity index (χ4n) is 4.58. The second-order valence-corrected chi connectivity index (χ2v) is 9.56. The second-order valence-electron chi connectivity index (χ2n) is 9.12. The van der Waals surface area contributed by atoms with E-state index < -0.39 is 5.91 Å². The van der Waals surface area contributed by atoms with E-state index in [0.29, 0.717) is 27.7 Å². The number of nitrogens with one attached hydrogen (secondary N) is 1. The first-order valence-electron chi connectivity index (χ1n) is 11.8. The third-order valence-corrected chi connectivity index (χ3v) is 6.90. The second kappa shape index (κ2) is 9.64. The number of rotatable bonds is 5. The van der Waals surface area contributed by atoms with Gasteiger partial charge >= 0.3 is 0 Å². The molecule has 1 amide bonds. The Kier molecular flexibility index (Phi) is 6.38. The molecule has 0 saturated carbocycles. The van der Waals surface area contributed by atoms with Gasteiger partial charge in [-0.15, -0.1) is 0 Å². The SMILES string of the molecule is Cc1ccc(Cl)cc1-c1[nH]c(-c2nc(N)ncc2-c2ccc(N3CCN(C)CC3)cc2)cc1C(N)=O. The largest absolute Gasteiger partial charge is 0.369 e. The summed E-state index contributed by atoms with van der Waals surface area (Å²) in [6, 6.07) is 15.6. The first kappa shape index (κ1) is 23.8. The van der Waals surface area contributed by atoms with Crippen molar-refractivity contribution in [3.8, 4) is 33.8 Å². The predicted molar refractivity (Wildman–Crippen MR) is 145 cm³/mol. The number of carbonyl (C=O) groups excluding carboxylic acids is 1. The topological polar surface area (TPSA) is 117 Å². The summed E-state index contributed by atoms with van der Waals surface area (Å²) in [6.45, 7) is 6.03. The molecule has 8 nitrogen and oxygen atoms in total. The highest BCUT2D eigenvalue weighted by molar-refractivity contribution is 6.31. The zero-order valence-electron chi connectivity index (χ0n) is 20.3. The number of hydrogen-bond acceptors (Lipinski definition) is 6. The standard InChI is InChI=1S/C27H28ClN7O/c1-16-3-6-18(28)13-20(16)24-21(26(29)36)14-23(32-24)25-22(15-31-27(30)33-25)17-4-7-19(8-5-17)35-11-9-34(2)10-12-35/h3-8,13-15,32H,9-12H2,1-2H3,(H2,29,36)(H2,30,31,33). The summed E-state index contributed by atoms with van der Waals surface area (Å²) in [5.41, 5.74) is 18.5. The van der Waals surface area contributed by atoms with Crippen molar-refractivity contribution < 1.29 is 4.79 Å². The number of benzene rings is 2. The van der Waals surface area contributed by atoms with Crippen LogP contribution in [-0.4, -0.2) is 59.0 Å². The van der Waals surface area contributed by atoms with Crippen LogP contribution in [0.25, 0.3) is 33.8 Å². The molecule has 1 fully saturated rings. The van der Waals surface area contributed by atoms with Gasteiger partial charge in [0.25, 0.3) is 5.91 Å². The van der Waals surface area contributed by atoms with Crippen molar-refractivity contribution in [3.63, 3.8) is 0 Å². The lowest BCUT2D eigenvalue weighted by Crippen LogP contribution is -2.44. The van der Waals surface area contributed by atoms with E-state index in [1.54, 1.807) is 12.3 Å². The summed E-state index contributed by atoms with van der Waals surface area (Å²) >= 11 is 6.25. The lowest BCUT2D eigenvalue weighted by atomic mass is 10.0. The van der Waals surface area contributed by atoms with Gasteiger partial charge in [-0.2, -0.15) is 0 Å². The number of piperazine rings is 1. The lowest BCUT2D eigenvalue weighted by Gasteiger charge is -2.34. The molecule has 0 unspecified atom stereocenters. The van der Waals surface area contributed by atoms with Crippen molar-refractivity contribution in [1.82, 2.24) is 19.9 Å². The molecule has 0 radical (unpaired) electrons. The number of nitrogen functional groups attached to an aromatic ring is 1. The molecular formula is C27H28ClN7O. The zero-order valence-corrected chi connectivity index (χ0v) is 21.0. The fourth-order valence-corrected chi connectivity index (χ4v) is 4.75. The molecule has 2 aromatic heterocycles. The van der Waals surface area contributed by atoms with Crippen LogP contribution in [0.15, 0.2) is 54.7 Å². The summed E-state index contributed by atoms with van der Waals surface area (Å²) in [6.07, 6.45) is 1.71. The van der Waals surface area contributed by atoms with Crippen LogP contribution in [0, 0.1) is 6.92 Å². The Morgan fingerprint density at radius 1 is 1.03 bits per heavy atom. The number of amides is 1. The summed E-state index contributed by atoms with van der Waals surface area (Å²) in [5, 5.41) is 0.564. The number of likely N-dealkylation sites (N-methyl/N-ethyl adjacent to an activating group) is 1. The smallest absolute Gasteiger partial charge is 0.250 e. The highest BCUT2D eigenvalue weighted by atomic mass is 35.5. The van der Waals surface area contributed by atoms with Crippen LogP contribution in [0.4, 0.5) is 11.6 Å². The molecule has 0 spiro atoms. The third-order valence-electron chi connectivity index (χ3n) is 6.66. The highest BCUT2D eigenvalue weighted by Crippen LogP contribution is 2.36. The Balaban J connectivity index is 1.56. The minimum Gasteiger partial charge on any atom is -0.369 e. The number of anilines is 2. The first-order valence-corrected chi connectivity index (χ1v) is 12.1. The number of primary amides is 1. The van der Waals surface area contributed by atoms with E-state index >= 15 is 0 Å². The van der Waals surface area contributed by atoms with Gasteiger partial charge in [0.1, 0.15) is 0 Å². The minimum atomic E-state index is -0.549. The number of aromatic nitrogens is 3. The van der Waals surface area contributed by atoms with Gasteiger partial charge in [0.2, 0.25) is 5.95 Å². The maximum absolute atomic E-state index is 12.4. The van der Waals surface area contributed by atoms with Crippen LogP contribution in [0.1, 0.15) is 15.9 Å². The normalized spacial score (nSPS) is 14.2. The van der Waals surface area contributed by atoms with Gasteiger partial charge in [0.05, 0.1) is 22.6 Å². The van der Waals surface area contributed by atoms with Crippen LogP contribution in [0.3, 0.4) is 0 Å². The third kappa shape index (κ3) is 4.65. The Morgan fingerprint density at radius 3 is 2.44 bits per heavy atom. The van der Waals surface area contributed by atoms with E-state index in [2.05, 4.69) is 56.1 Å². The molecule has 2 aromatic carbocycles. The molecule has 184 valence electrons. The molecular weight excluding hydrogens is 474 g/mol. The predicted octanol–water partition coefficient (Wildman–Crippen LogP) is 4.20. The highest BCUT2D eigenvalue weighted by Gasteiger charge is 2.21. The molecule has 5 N–H and O–H groups in total. The van der Waals surface area contributed by atoms with Crippen LogP contribution in [-0.2, 0) is 0 Å². The molecule has 1 saturated heterocycles. The van der Waals surface area contributed by atoms with Crippen LogP contribution in [0.2, 0.25) is 5.02 Å². The summed E-state index contributed by atoms with van der Waals surface area (Å²) in [5.74, 6) is -0.412. The van der Waals surface area contributed by atoms with Crippen molar-refractivity contribution in [1.29, 1.82) is 0 Å². The number of nitrogens with two attached hydrogens (primary N) is 2. The van der Waals surface area contributed by atoms with Gasteiger partial charge in [-0.05, 0) is 55.4 Å². The molecule has 1 aliphatic heterocycles. The first-order chi connectivity index (χ1) is 17.3. The van der Waals surface area contributed by atoms with E-state index in [1.165, 1.54) is 5.69 Å². The van der Waals surface area contributed by atoms with Crippen molar-refractivity contribution in [2.45, 2.75) is 6.92 Å². The fraction of sp³-hybridized carbons (Fsp3) is 0.222. The molecule has 9 heteroatoms. The molecule has 0 bridgehead atoms. The average Bonchev–Trinajstić information content (AvgIpc) is 3.32. The molecule has 3 heterocycles. The van der Waals surface area contributed by atoms with Crippen molar-refractivity contribution >= 4 is 29.1 Å². The lowest BCUT2D eigenvalue weighted by molar-refractivity contribution is 0.100. The molecule has 0 atom stereocenters. The van der Waals surface area contributed by atoms with E-state index in [4.69, 9.17) is 23.1 Å². The number of aryl methyl sites for hydroxylation is 1. The van der Waals surface area contributed by atoms with Crippen LogP contribution >= 0.6 is 11.6 Å². The molecule has 5 rings (SSSR count). The Hall–Kier alpha value is -3.88. The van der Waals surface area contributed by atoms with Gasteiger partial charge in [0, 0.05) is 54.2 Å². The number of H-pyrrole nitrogens is 1. The number of carbonyl (C=O) groups is 1. The quantitative estimate of drug-likeness (QED) is 0.377. The Labute approximate surface area is 214 Å². The summed E-state index contributed by atoms with van der Waals surface area (Å²) in [4.78, 5) is 29.2. The zero-order chi connectivity index (χ0) is 25.4. The number of nitrogens with zero attached hydrogens (tertiary/aromatic N) is 4. The number of hydrogen-bond donors (Lipinski definition) is 3. The average molecular weight is 502 g/mol. The number of halogens is 1. The number of aromatic amines is 1. The van der Waals surface area contributed by atoms with Gasteiger partial charge in [-0.1, -0.05) is 29.8 Å². The maximum atomic E-state index is 12.4. The molecule has 36 heavy (non-hydrogen) atoms.